The molecule has 0 aromatic rings. The zero-order valence-electron chi connectivity index (χ0n) is 11.0. The molecule has 0 aromatic heterocycles. The number of hydrogen-bond donors (Lipinski definition) is 3. The Morgan fingerprint density at radius 3 is 2.14 bits per heavy atom. The molecule has 0 amide bonds. The quantitative estimate of drug-likeness (QED) is 0.641. The Balaban J connectivity index is 0.000000199. The van der Waals surface area contributed by atoms with E-state index in [1.807, 2.05) is 0 Å². The number of carboxylic acids is 1. The van der Waals surface area contributed by atoms with Crippen molar-refractivity contribution in [3.05, 3.63) is 0 Å². The fraction of sp³-hybridized carbons (Fsp3) is 0.833. The molecule has 1 aliphatic heterocycles. The van der Waals surface area contributed by atoms with Crippen LogP contribution < -0.4 is 5.32 Å². The van der Waals surface area contributed by atoms with Crippen molar-refractivity contribution in [2.24, 2.45) is 17.8 Å². The van der Waals surface area contributed by atoms with Gasteiger partial charge in [0.25, 0.3) is 0 Å². The number of fused-ring (bicyclic) bond motifs is 5. The molecule has 1 unspecified atom stereocenters. The topological polar surface area (TPSA) is 95.9 Å². The van der Waals surface area contributed by atoms with Gasteiger partial charge in [-0.2, -0.15) is 13.2 Å². The Labute approximate surface area is 118 Å². The van der Waals surface area contributed by atoms with Crippen LogP contribution in [0.25, 0.3) is 0 Å². The number of rotatable bonds is 1. The first-order valence-corrected chi connectivity index (χ1v) is 6.64. The highest BCUT2D eigenvalue weighted by molar-refractivity contribution is 5.73. The number of halogens is 3. The van der Waals surface area contributed by atoms with Gasteiger partial charge in [0.2, 0.25) is 0 Å². The van der Waals surface area contributed by atoms with Gasteiger partial charge in [-0.1, -0.05) is 0 Å². The molecule has 0 aromatic carbocycles. The van der Waals surface area contributed by atoms with Gasteiger partial charge in [-0.05, 0) is 37.0 Å². The predicted molar refractivity (Wildman–Crippen MR) is 62.5 cm³/mol. The van der Waals surface area contributed by atoms with E-state index in [-0.39, 0.29) is 6.23 Å². The van der Waals surface area contributed by atoms with E-state index in [0.717, 1.165) is 18.3 Å². The van der Waals surface area contributed by atoms with Crippen LogP contribution in [0.2, 0.25) is 0 Å². The number of carbonyl (C=O) groups is 2. The maximum absolute atomic E-state index is 10.6. The molecule has 6 nitrogen and oxygen atoms in total. The van der Waals surface area contributed by atoms with E-state index in [9.17, 15) is 18.0 Å². The van der Waals surface area contributed by atoms with Crippen molar-refractivity contribution in [2.75, 3.05) is 0 Å². The van der Waals surface area contributed by atoms with Crippen LogP contribution in [0.4, 0.5) is 18.0 Å². The molecular formula is C12H16F3NO5. The molecule has 2 aliphatic carbocycles. The van der Waals surface area contributed by atoms with Crippen LogP contribution >= 0.6 is 0 Å². The van der Waals surface area contributed by atoms with Crippen LogP contribution in [0.1, 0.15) is 25.7 Å². The van der Waals surface area contributed by atoms with Gasteiger partial charge in [-0.15, -0.1) is 0 Å². The van der Waals surface area contributed by atoms with Crippen LogP contribution in [0.3, 0.4) is 0 Å². The van der Waals surface area contributed by atoms with Crippen molar-refractivity contribution in [3.8, 4) is 0 Å². The first kappa shape index (κ1) is 15.9. The molecule has 0 spiro atoms. The van der Waals surface area contributed by atoms with Crippen molar-refractivity contribution in [1.29, 1.82) is 0 Å². The Bertz CT molecular complexity index is 410. The van der Waals surface area contributed by atoms with E-state index >= 15 is 0 Å². The molecule has 3 N–H and O–H groups in total. The fourth-order valence-electron chi connectivity index (χ4n) is 3.74. The van der Waals surface area contributed by atoms with Crippen LogP contribution in [0, 0.1) is 17.8 Å². The summed E-state index contributed by atoms with van der Waals surface area (Å²) in [6, 6.07) is 0.540. The Kier molecular flexibility index (Phi) is 4.31. The molecule has 2 saturated carbocycles. The van der Waals surface area contributed by atoms with Crippen molar-refractivity contribution < 1.29 is 37.7 Å². The van der Waals surface area contributed by atoms with E-state index in [4.69, 9.17) is 19.7 Å². The summed E-state index contributed by atoms with van der Waals surface area (Å²) in [4.78, 5) is 19.3. The smallest absolute Gasteiger partial charge is 0.475 e. The number of carboxylic acid groups (broad SMARTS) is 2. The first-order valence-electron chi connectivity index (χ1n) is 6.64. The summed E-state index contributed by atoms with van der Waals surface area (Å²) in [5, 5.41) is 19.0. The molecule has 5 atom stereocenters. The molecule has 1 heterocycles. The fourth-order valence-corrected chi connectivity index (χ4v) is 3.74. The summed E-state index contributed by atoms with van der Waals surface area (Å²) >= 11 is 0. The van der Waals surface area contributed by atoms with E-state index in [2.05, 4.69) is 5.32 Å². The molecule has 0 radical (unpaired) electrons. The largest absolute Gasteiger partial charge is 0.507 e. The average Bonchev–Trinajstić information content (AvgIpc) is 2.97. The maximum atomic E-state index is 10.6. The lowest BCUT2D eigenvalue weighted by atomic mass is 9.85. The van der Waals surface area contributed by atoms with Crippen molar-refractivity contribution in [3.63, 3.8) is 0 Å². The zero-order chi connectivity index (χ0) is 15.8. The van der Waals surface area contributed by atoms with E-state index in [1.54, 1.807) is 0 Å². The molecular weight excluding hydrogens is 295 g/mol. The minimum Gasteiger partial charge on any atom is -0.475 e. The van der Waals surface area contributed by atoms with Crippen molar-refractivity contribution in [2.45, 2.75) is 44.1 Å². The van der Waals surface area contributed by atoms with Gasteiger partial charge in [-0.3, -0.25) is 5.32 Å². The third kappa shape index (κ3) is 3.58. The standard InChI is InChI=1S/C10H15NO3.C2HF3O2/c12-10(13)14-8-4-7-5-1-2-6(3-5)9(7)11-8;3-2(4,5)1(6)7/h5-9,11H,1-4H2,(H,12,13);(H,6,7)/t5-,6?,7-,8+,9+;/m1./s1. The van der Waals surface area contributed by atoms with Gasteiger partial charge in [0.1, 0.15) is 0 Å². The molecule has 2 bridgehead atoms. The molecule has 1 saturated heterocycles. The lowest BCUT2D eigenvalue weighted by Gasteiger charge is -2.23. The molecule has 120 valence electrons. The lowest BCUT2D eigenvalue weighted by molar-refractivity contribution is -0.192. The van der Waals surface area contributed by atoms with Gasteiger partial charge in [0.15, 0.2) is 6.23 Å². The van der Waals surface area contributed by atoms with Crippen LogP contribution in [-0.4, -0.2) is 40.8 Å². The van der Waals surface area contributed by atoms with Gasteiger partial charge < -0.3 is 14.9 Å². The molecule has 9 heteroatoms. The van der Waals surface area contributed by atoms with Crippen LogP contribution in [0.5, 0.6) is 0 Å². The predicted octanol–water partition coefficient (Wildman–Crippen LogP) is 2.05. The molecule has 3 fully saturated rings. The number of alkyl halides is 3. The number of ether oxygens (including phenoxy) is 1. The monoisotopic (exact) mass is 311 g/mol. The minimum absolute atomic E-state index is 0.245. The van der Waals surface area contributed by atoms with Crippen molar-refractivity contribution in [1.82, 2.24) is 5.32 Å². The van der Waals surface area contributed by atoms with Gasteiger partial charge >= 0.3 is 18.3 Å². The summed E-state index contributed by atoms with van der Waals surface area (Å²) in [6.07, 6.45) is -1.59. The summed E-state index contributed by atoms with van der Waals surface area (Å²) < 4.78 is 36.5. The van der Waals surface area contributed by atoms with Crippen LogP contribution in [-0.2, 0) is 9.53 Å². The highest BCUT2D eigenvalue weighted by Gasteiger charge is 2.52. The van der Waals surface area contributed by atoms with Gasteiger partial charge in [0, 0.05) is 12.5 Å². The highest BCUT2D eigenvalue weighted by atomic mass is 19.4. The van der Waals surface area contributed by atoms with E-state index < -0.39 is 18.3 Å². The van der Waals surface area contributed by atoms with Crippen LogP contribution in [0.15, 0.2) is 0 Å². The Hall–Kier alpha value is -1.51. The summed E-state index contributed by atoms with van der Waals surface area (Å²) in [5.74, 6) is -0.460. The zero-order valence-corrected chi connectivity index (χ0v) is 11.0. The van der Waals surface area contributed by atoms with Crippen molar-refractivity contribution >= 4 is 12.1 Å². The summed E-state index contributed by atoms with van der Waals surface area (Å²) in [5.41, 5.74) is 0. The summed E-state index contributed by atoms with van der Waals surface area (Å²) in [7, 11) is 0. The lowest BCUT2D eigenvalue weighted by Crippen LogP contribution is -2.37. The second kappa shape index (κ2) is 5.70. The number of aliphatic carboxylic acids is 1. The number of nitrogens with one attached hydrogen (secondary N) is 1. The molecule has 3 aliphatic rings. The molecule has 3 rings (SSSR count). The third-order valence-electron chi connectivity index (χ3n) is 4.44. The SMILES string of the molecule is O=C(O)C(F)(F)F.O=C(O)O[C@H]1C[C@@H]2[C@@H]3CCC(C3)[C@@H]2N1. The third-order valence-corrected chi connectivity index (χ3v) is 4.44. The minimum atomic E-state index is -5.08. The van der Waals surface area contributed by atoms with Gasteiger partial charge in [0.05, 0.1) is 0 Å². The summed E-state index contributed by atoms with van der Waals surface area (Å²) in [6.45, 7) is 0. The Morgan fingerprint density at radius 1 is 1.10 bits per heavy atom. The normalized spacial score (nSPS) is 36.6. The number of hydrogen-bond acceptors (Lipinski definition) is 4. The van der Waals surface area contributed by atoms with E-state index in [0.29, 0.717) is 12.0 Å². The molecule has 21 heavy (non-hydrogen) atoms. The average molecular weight is 311 g/mol. The first-order chi connectivity index (χ1) is 9.68. The second-order valence-electron chi connectivity index (χ2n) is 5.60. The van der Waals surface area contributed by atoms with E-state index in [1.165, 1.54) is 19.3 Å². The second-order valence-corrected chi connectivity index (χ2v) is 5.60. The highest BCUT2D eigenvalue weighted by Crippen LogP contribution is 2.52. The Morgan fingerprint density at radius 2 is 1.67 bits per heavy atom. The van der Waals surface area contributed by atoms with Gasteiger partial charge in [-0.25, -0.2) is 9.59 Å². The maximum Gasteiger partial charge on any atom is 0.507 e.